The summed E-state index contributed by atoms with van der Waals surface area (Å²) in [5.74, 6) is 0.584. The largest absolute Gasteiger partial charge is 0.301 e. The first-order chi connectivity index (χ1) is 9.04. The minimum absolute atomic E-state index is 0.343. The van der Waals surface area contributed by atoms with E-state index in [1.54, 1.807) is 4.31 Å². The zero-order valence-corrected chi connectivity index (χ0v) is 13.3. The monoisotopic (exact) mass is 323 g/mol. The molecule has 8 heteroatoms. The lowest BCUT2D eigenvalue weighted by atomic mass is 10.4. The molecule has 0 saturated carbocycles. The van der Waals surface area contributed by atoms with Gasteiger partial charge in [0.2, 0.25) is 0 Å². The van der Waals surface area contributed by atoms with Crippen molar-refractivity contribution in [2.45, 2.75) is 17.6 Å². The predicted molar refractivity (Wildman–Crippen MR) is 77.4 cm³/mol. The van der Waals surface area contributed by atoms with Gasteiger partial charge in [-0.05, 0) is 19.9 Å². The molecule has 1 fully saturated rings. The Morgan fingerprint density at radius 3 is 2.79 bits per heavy atom. The van der Waals surface area contributed by atoms with Crippen LogP contribution in [0.15, 0.2) is 10.4 Å². The molecular weight excluding hydrogens is 306 g/mol. The Bertz CT molecular complexity index is 518. The number of sulfonamides is 1. The van der Waals surface area contributed by atoms with Crippen molar-refractivity contribution in [2.24, 2.45) is 0 Å². The average molecular weight is 324 g/mol. The molecule has 1 aliphatic rings. The molecule has 1 aliphatic heterocycles. The summed E-state index contributed by atoms with van der Waals surface area (Å²) in [5, 5.41) is 0.775. The topological polar surface area (TPSA) is 53.5 Å². The molecule has 2 heterocycles. The van der Waals surface area contributed by atoms with Crippen LogP contribution in [0.25, 0.3) is 0 Å². The molecule has 19 heavy (non-hydrogen) atoms. The third kappa shape index (κ3) is 3.66. The van der Waals surface area contributed by atoms with Gasteiger partial charge in [0, 0.05) is 32.1 Å². The molecule has 0 radical (unpaired) electrons. The van der Waals surface area contributed by atoms with Gasteiger partial charge in [-0.3, -0.25) is 0 Å². The lowest BCUT2D eigenvalue weighted by Gasteiger charge is -2.20. The van der Waals surface area contributed by atoms with Crippen LogP contribution in [-0.2, 0) is 10.0 Å². The second kappa shape index (κ2) is 6.49. The Hall–Kier alpha value is -0.210. The SMILES string of the molecule is Cc1ncc(S(=O)(=O)N2CCCN(CCCl)CC2)s1. The second-order valence-corrected chi connectivity index (χ2v) is 8.26. The molecular formula is C11H18ClN3O2S2. The summed E-state index contributed by atoms with van der Waals surface area (Å²) < 4.78 is 26.8. The van der Waals surface area contributed by atoms with Crippen molar-refractivity contribution >= 4 is 33.0 Å². The Labute approximate surface area is 123 Å². The fourth-order valence-corrected chi connectivity index (χ4v) is 5.09. The van der Waals surface area contributed by atoms with Crippen LogP contribution in [0.1, 0.15) is 11.4 Å². The summed E-state index contributed by atoms with van der Waals surface area (Å²) in [4.78, 5) is 6.24. The van der Waals surface area contributed by atoms with Gasteiger partial charge in [-0.2, -0.15) is 4.31 Å². The van der Waals surface area contributed by atoms with Crippen LogP contribution in [0.5, 0.6) is 0 Å². The first-order valence-electron chi connectivity index (χ1n) is 6.25. The van der Waals surface area contributed by atoms with Crippen LogP contribution >= 0.6 is 22.9 Å². The third-order valence-corrected chi connectivity index (χ3v) is 6.56. The van der Waals surface area contributed by atoms with E-state index in [1.165, 1.54) is 17.5 Å². The van der Waals surface area contributed by atoms with Crippen molar-refractivity contribution in [2.75, 3.05) is 38.6 Å². The third-order valence-electron chi connectivity index (χ3n) is 3.14. The van der Waals surface area contributed by atoms with Gasteiger partial charge in [0.25, 0.3) is 10.0 Å². The molecule has 0 unspecified atom stereocenters. The molecule has 0 N–H and O–H groups in total. The fraction of sp³-hybridized carbons (Fsp3) is 0.727. The molecule has 1 aromatic heterocycles. The second-order valence-electron chi connectivity index (χ2n) is 4.49. The molecule has 0 atom stereocenters. The van der Waals surface area contributed by atoms with Gasteiger partial charge >= 0.3 is 0 Å². The summed E-state index contributed by atoms with van der Waals surface area (Å²) in [6, 6.07) is 0. The smallest absolute Gasteiger partial charge is 0.254 e. The van der Waals surface area contributed by atoms with Gasteiger partial charge in [-0.1, -0.05) is 0 Å². The fourth-order valence-electron chi connectivity index (χ4n) is 2.12. The van der Waals surface area contributed by atoms with Crippen LogP contribution in [0.3, 0.4) is 0 Å². The van der Waals surface area contributed by atoms with Gasteiger partial charge in [-0.15, -0.1) is 22.9 Å². The molecule has 108 valence electrons. The van der Waals surface area contributed by atoms with Crippen molar-refractivity contribution in [3.05, 3.63) is 11.2 Å². The number of halogens is 1. The van der Waals surface area contributed by atoms with E-state index >= 15 is 0 Å². The Kier molecular flexibility index (Phi) is 5.19. The van der Waals surface area contributed by atoms with Gasteiger partial charge < -0.3 is 4.90 Å². The zero-order chi connectivity index (χ0) is 13.9. The number of hydrogen-bond acceptors (Lipinski definition) is 5. The summed E-state index contributed by atoms with van der Waals surface area (Å²) in [7, 11) is -3.37. The maximum absolute atomic E-state index is 12.5. The maximum Gasteiger partial charge on any atom is 0.254 e. The molecule has 0 aliphatic carbocycles. The number of rotatable bonds is 4. The highest BCUT2D eigenvalue weighted by Gasteiger charge is 2.28. The summed E-state index contributed by atoms with van der Waals surface area (Å²) in [6.07, 6.45) is 2.30. The molecule has 0 amide bonds. The first kappa shape index (κ1) is 15.2. The van der Waals surface area contributed by atoms with E-state index in [0.717, 1.165) is 31.1 Å². The number of thiazole rings is 1. The number of aryl methyl sites for hydroxylation is 1. The highest BCUT2D eigenvalue weighted by atomic mass is 35.5. The number of nitrogens with zero attached hydrogens (tertiary/aromatic N) is 3. The molecule has 0 bridgehead atoms. The predicted octanol–water partition coefficient (Wildman–Crippen LogP) is 1.39. The van der Waals surface area contributed by atoms with Gasteiger partial charge in [-0.25, -0.2) is 13.4 Å². The number of hydrogen-bond donors (Lipinski definition) is 0. The number of aromatic nitrogens is 1. The molecule has 0 aromatic carbocycles. The van der Waals surface area contributed by atoms with Crippen molar-refractivity contribution < 1.29 is 8.42 Å². The minimum atomic E-state index is -3.37. The van der Waals surface area contributed by atoms with Gasteiger partial charge in [0.05, 0.1) is 11.2 Å². The molecule has 0 spiro atoms. The summed E-state index contributed by atoms with van der Waals surface area (Å²) in [5.41, 5.74) is 0. The Balaban J connectivity index is 2.09. The standard InChI is InChI=1S/C11H18ClN3O2S2/c1-10-13-9-11(18-10)19(16,17)15-5-2-4-14(6-3-12)7-8-15/h9H,2-8H2,1H3. The van der Waals surface area contributed by atoms with Gasteiger partial charge in [0.15, 0.2) is 4.21 Å². The van der Waals surface area contributed by atoms with E-state index in [-0.39, 0.29) is 0 Å². The highest BCUT2D eigenvalue weighted by Crippen LogP contribution is 2.23. The Morgan fingerprint density at radius 1 is 1.37 bits per heavy atom. The van der Waals surface area contributed by atoms with E-state index in [1.807, 2.05) is 6.92 Å². The average Bonchev–Trinajstić information content (AvgIpc) is 2.66. The quantitative estimate of drug-likeness (QED) is 0.786. The van der Waals surface area contributed by atoms with Crippen LogP contribution in [0.2, 0.25) is 0 Å². The van der Waals surface area contributed by atoms with E-state index < -0.39 is 10.0 Å². The van der Waals surface area contributed by atoms with Crippen LogP contribution in [0.4, 0.5) is 0 Å². The summed E-state index contributed by atoms with van der Waals surface area (Å²) in [6.45, 7) is 5.36. The van der Waals surface area contributed by atoms with Gasteiger partial charge in [0.1, 0.15) is 0 Å². The zero-order valence-electron chi connectivity index (χ0n) is 10.9. The van der Waals surface area contributed by atoms with Crippen molar-refractivity contribution in [1.29, 1.82) is 0 Å². The minimum Gasteiger partial charge on any atom is -0.301 e. The van der Waals surface area contributed by atoms with E-state index in [4.69, 9.17) is 11.6 Å². The molecule has 1 saturated heterocycles. The first-order valence-corrected chi connectivity index (χ1v) is 9.04. The van der Waals surface area contributed by atoms with Crippen LogP contribution in [0, 0.1) is 6.92 Å². The lowest BCUT2D eigenvalue weighted by molar-refractivity contribution is 0.303. The normalized spacial score (nSPS) is 19.5. The number of alkyl halides is 1. The van der Waals surface area contributed by atoms with E-state index in [9.17, 15) is 8.42 Å². The van der Waals surface area contributed by atoms with Crippen molar-refractivity contribution in [1.82, 2.24) is 14.2 Å². The maximum atomic E-state index is 12.5. The van der Waals surface area contributed by atoms with Crippen molar-refractivity contribution in [3.8, 4) is 0 Å². The Morgan fingerprint density at radius 2 is 2.16 bits per heavy atom. The van der Waals surface area contributed by atoms with E-state index in [2.05, 4.69) is 9.88 Å². The molecule has 2 rings (SSSR count). The van der Waals surface area contributed by atoms with Crippen LogP contribution < -0.4 is 0 Å². The molecule has 1 aromatic rings. The van der Waals surface area contributed by atoms with E-state index in [0.29, 0.717) is 23.2 Å². The highest BCUT2D eigenvalue weighted by molar-refractivity contribution is 7.91. The lowest BCUT2D eigenvalue weighted by Crippen LogP contribution is -2.35. The summed E-state index contributed by atoms with van der Waals surface area (Å²) >= 11 is 6.96. The molecule has 5 nitrogen and oxygen atoms in total. The van der Waals surface area contributed by atoms with Crippen molar-refractivity contribution in [3.63, 3.8) is 0 Å². The van der Waals surface area contributed by atoms with Crippen LogP contribution in [-0.4, -0.2) is 61.2 Å².